The van der Waals surface area contributed by atoms with Gasteiger partial charge in [-0.3, -0.25) is 0 Å². The Balaban J connectivity index is 0.000000119. The van der Waals surface area contributed by atoms with E-state index in [1.807, 2.05) is 74.9 Å². The van der Waals surface area contributed by atoms with Crippen LogP contribution in [0.1, 0.15) is 16.7 Å². The first-order valence-corrected chi connectivity index (χ1v) is 9.29. The maximum atomic E-state index is 5.26. The number of hydrogen-bond acceptors (Lipinski definition) is 6. The summed E-state index contributed by atoms with van der Waals surface area (Å²) in [5.41, 5.74) is 2.91. The highest BCUT2D eigenvalue weighted by molar-refractivity contribution is 7.18. The molecule has 0 saturated heterocycles. The molecule has 0 atom stereocenters. The van der Waals surface area contributed by atoms with Crippen molar-refractivity contribution in [3.05, 3.63) is 71.6 Å². The van der Waals surface area contributed by atoms with E-state index >= 15 is 0 Å². The van der Waals surface area contributed by atoms with Gasteiger partial charge in [-0.25, -0.2) is 9.97 Å². The number of rotatable bonds is 0. The van der Waals surface area contributed by atoms with E-state index in [2.05, 4.69) is 26.2 Å². The third-order valence-electron chi connectivity index (χ3n) is 3.74. The highest BCUT2D eigenvalue weighted by atomic mass is 32.1. The molecule has 0 bridgehead atoms. The fourth-order valence-electron chi connectivity index (χ4n) is 2.32. The quantitative estimate of drug-likeness (QED) is 0.384. The molecule has 0 amide bonds. The molecule has 3 aromatic heterocycles. The van der Waals surface area contributed by atoms with Crippen molar-refractivity contribution < 1.29 is 4.42 Å². The van der Waals surface area contributed by atoms with Crippen molar-refractivity contribution in [3.8, 4) is 0 Å². The number of aryl methyl sites for hydroxylation is 4. The predicted octanol–water partition coefficient (Wildman–Crippen LogP) is 4.86. The molecule has 6 nitrogen and oxygen atoms in total. The van der Waals surface area contributed by atoms with E-state index in [1.165, 1.54) is 4.70 Å². The summed E-state index contributed by atoms with van der Waals surface area (Å²) in [7, 11) is 1.91. The Morgan fingerprint density at radius 1 is 0.889 bits per heavy atom. The smallest absolute Gasteiger partial charge is 0.192 e. The second-order valence-corrected chi connectivity index (χ2v) is 7.13. The zero-order valence-corrected chi connectivity index (χ0v) is 16.6. The molecule has 3 heterocycles. The van der Waals surface area contributed by atoms with E-state index in [0.717, 1.165) is 33.3 Å². The van der Waals surface area contributed by atoms with Crippen LogP contribution in [0.4, 0.5) is 0 Å². The number of thiazole rings is 1. The standard InChI is InChI=1S/C8H7NO.C8H7NS.C4H7N3/c2*1-6-9-7-4-2-3-5-8(7)10-6;1-4-6-5-3-7(4)2/h2*2-5H,1H3;3H,1-2H3. The van der Waals surface area contributed by atoms with Gasteiger partial charge in [0.15, 0.2) is 11.5 Å². The largest absolute Gasteiger partial charge is 0.441 e. The summed E-state index contributed by atoms with van der Waals surface area (Å²) in [5.74, 6) is 1.67. The predicted molar refractivity (Wildman–Crippen MR) is 109 cm³/mol. The van der Waals surface area contributed by atoms with Gasteiger partial charge in [-0.1, -0.05) is 24.3 Å². The summed E-state index contributed by atoms with van der Waals surface area (Å²) in [6.07, 6.45) is 1.68. The summed E-state index contributed by atoms with van der Waals surface area (Å²) < 4.78 is 8.40. The molecule has 2 aromatic carbocycles. The lowest BCUT2D eigenvalue weighted by Gasteiger charge is -1.84. The number of oxazole rings is 1. The van der Waals surface area contributed by atoms with Gasteiger partial charge < -0.3 is 8.98 Å². The number of benzene rings is 2. The summed E-state index contributed by atoms with van der Waals surface area (Å²) in [4.78, 5) is 8.48. The van der Waals surface area contributed by atoms with Crippen LogP contribution in [-0.4, -0.2) is 24.7 Å². The first kappa shape index (κ1) is 18.7. The van der Waals surface area contributed by atoms with Crippen LogP contribution in [0.2, 0.25) is 0 Å². The lowest BCUT2D eigenvalue weighted by atomic mass is 10.3. The van der Waals surface area contributed by atoms with E-state index in [-0.39, 0.29) is 0 Å². The van der Waals surface area contributed by atoms with Crippen molar-refractivity contribution in [2.75, 3.05) is 0 Å². The van der Waals surface area contributed by atoms with Gasteiger partial charge in [0.2, 0.25) is 0 Å². The maximum absolute atomic E-state index is 5.26. The van der Waals surface area contributed by atoms with E-state index in [1.54, 1.807) is 17.7 Å². The van der Waals surface area contributed by atoms with Crippen molar-refractivity contribution in [3.63, 3.8) is 0 Å². The zero-order chi connectivity index (χ0) is 19.2. The summed E-state index contributed by atoms with van der Waals surface area (Å²) in [5, 5.41) is 8.50. The highest BCUT2D eigenvalue weighted by Gasteiger charge is 1.97. The third-order valence-corrected chi connectivity index (χ3v) is 4.69. The average Bonchev–Trinajstić information content (AvgIpc) is 3.33. The van der Waals surface area contributed by atoms with Crippen LogP contribution in [0, 0.1) is 20.8 Å². The minimum atomic E-state index is 0.723. The molecule has 0 aliphatic rings. The van der Waals surface area contributed by atoms with Crippen molar-refractivity contribution in [1.29, 1.82) is 0 Å². The van der Waals surface area contributed by atoms with Gasteiger partial charge in [0, 0.05) is 14.0 Å². The summed E-state index contributed by atoms with van der Waals surface area (Å²) >= 11 is 1.74. The molecular weight excluding hydrogens is 358 g/mol. The monoisotopic (exact) mass is 379 g/mol. The van der Waals surface area contributed by atoms with Crippen LogP contribution < -0.4 is 0 Å². The van der Waals surface area contributed by atoms with Gasteiger partial charge in [-0.2, -0.15) is 0 Å². The molecule has 0 radical (unpaired) electrons. The second kappa shape index (κ2) is 8.55. The lowest BCUT2D eigenvalue weighted by Crippen LogP contribution is -1.86. The van der Waals surface area contributed by atoms with Gasteiger partial charge in [0.25, 0.3) is 0 Å². The fraction of sp³-hybridized carbons (Fsp3) is 0.200. The Morgan fingerprint density at radius 3 is 2.19 bits per heavy atom. The van der Waals surface area contributed by atoms with Crippen LogP contribution >= 0.6 is 11.3 Å². The molecule has 7 heteroatoms. The van der Waals surface area contributed by atoms with Crippen LogP contribution in [0.15, 0.2) is 59.3 Å². The van der Waals surface area contributed by atoms with Crippen molar-refractivity contribution >= 4 is 32.7 Å². The van der Waals surface area contributed by atoms with Crippen molar-refractivity contribution in [2.24, 2.45) is 7.05 Å². The van der Waals surface area contributed by atoms with Crippen molar-refractivity contribution in [2.45, 2.75) is 20.8 Å². The minimum absolute atomic E-state index is 0.723. The lowest BCUT2D eigenvalue weighted by molar-refractivity contribution is 0.561. The molecule has 27 heavy (non-hydrogen) atoms. The van der Waals surface area contributed by atoms with E-state index in [9.17, 15) is 0 Å². The number of fused-ring (bicyclic) bond motifs is 2. The highest BCUT2D eigenvalue weighted by Crippen LogP contribution is 2.19. The van der Waals surface area contributed by atoms with Crippen molar-refractivity contribution in [1.82, 2.24) is 24.7 Å². The molecule has 0 fully saturated rings. The molecule has 138 valence electrons. The molecule has 0 N–H and O–H groups in total. The van der Waals surface area contributed by atoms with E-state index in [0.29, 0.717) is 0 Å². The van der Waals surface area contributed by atoms with Gasteiger partial charge in [-0.05, 0) is 38.1 Å². The normalized spacial score (nSPS) is 10.2. The Hall–Kier alpha value is -3.06. The molecular formula is C20H21N5OS. The van der Waals surface area contributed by atoms with Gasteiger partial charge >= 0.3 is 0 Å². The summed E-state index contributed by atoms with van der Waals surface area (Å²) in [6.45, 7) is 5.79. The van der Waals surface area contributed by atoms with Crippen LogP contribution in [0.25, 0.3) is 21.3 Å². The molecule has 0 aliphatic heterocycles. The molecule has 0 aliphatic carbocycles. The number of nitrogens with zero attached hydrogens (tertiary/aromatic N) is 5. The number of aromatic nitrogens is 5. The molecule has 0 unspecified atom stereocenters. The molecule has 0 spiro atoms. The molecule has 5 aromatic rings. The minimum Gasteiger partial charge on any atom is -0.441 e. The number of para-hydroxylation sites is 3. The Labute approximate surface area is 161 Å². The first-order valence-electron chi connectivity index (χ1n) is 8.48. The Morgan fingerprint density at radius 2 is 1.59 bits per heavy atom. The second-order valence-electron chi connectivity index (χ2n) is 5.89. The van der Waals surface area contributed by atoms with Crippen LogP contribution in [-0.2, 0) is 7.05 Å². The Kier molecular flexibility index (Phi) is 5.93. The van der Waals surface area contributed by atoms with Crippen LogP contribution in [0.3, 0.4) is 0 Å². The topological polar surface area (TPSA) is 69.6 Å². The van der Waals surface area contributed by atoms with Gasteiger partial charge in [0.05, 0.1) is 15.2 Å². The van der Waals surface area contributed by atoms with Gasteiger partial charge in [-0.15, -0.1) is 21.5 Å². The molecule has 5 rings (SSSR count). The third kappa shape index (κ3) is 4.98. The average molecular weight is 379 g/mol. The molecule has 0 saturated carbocycles. The zero-order valence-electron chi connectivity index (χ0n) is 15.7. The van der Waals surface area contributed by atoms with E-state index in [4.69, 9.17) is 4.42 Å². The van der Waals surface area contributed by atoms with Crippen LogP contribution in [0.5, 0.6) is 0 Å². The van der Waals surface area contributed by atoms with E-state index < -0.39 is 0 Å². The summed E-state index contributed by atoms with van der Waals surface area (Å²) in [6, 6.07) is 15.9. The Bertz CT molecular complexity index is 987. The fourth-order valence-corrected chi connectivity index (χ4v) is 3.14. The first-order chi connectivity index (χ1) is 13.0. The van der Waals surface area contributed by atoms with Gasteiger partial charge in [0.1, 0.15) is 17.7 Å². The SMILES string of the molecule is Cc1nc2ccccc2o1.Cc1nc2ccccc2s1.Cc1nncn1C. The maximum Gasteiger partial charge on any atom is 0.192 e. The number of hydrogen-bond donors (Lipinski definition) is 0.